The predicted octanol–water partition coefficient (Wildman–Crippen LogP) is 5.71. The van der Waals surface area contributed by atoms with Gasteiger partial charge in [-0.15, -0.1) is 0 Å². The minimum Gasteiger partial charge on any atom is -0.440 e. The first-order chi connectivity index (χ1) is 20.5. The zero-order chi connectivity index (χ0) is 30.4. The number of sulfone groups is 1. The quantitative estimate of drug-likeness (QED) is 0.379. The topological polar surface area (TPSA) is 116 Å². The van der Waals surface area contributed by atoms with Crippen molar-refractivity contribution in [2.75, 3.05) is 29.5 Å². The van der Waals surface area contributed by atoms with Crippen LogP contribution in [-0.2, 0) is 20.8 Å². The van der Waals surface area contributed by atoms with Gasteiger partial charge in [-0.25, -0.2) is 13.4 Å². The van der Waals surface area contributed by atoms with Crippen molar-refractivity contribution in [2.24, 2.45) is 5.92 Å². The lowest BCUT2D eigenvalue weighted by Gasteiger charge is -2.30. The lowest BCUT2D eigenvalue weighted by molar-refractivity contribution is -0.137. The minimum absolute atomic E-state index is 0.0941. The van der Waals surface area contributed by atoms with Crippen LogP contribution in [0.3, 0.4) is 0 Å². The number of nitriles is 1. The van der Waals surface area contributed by atoms with Crippen LogP contribution in [0.25, 0.3) is 22.7 Å². The maximum absolute atomic E-state index is 13.4. The molecule has 2 saturated carbocycles. The highest BCUT2D eigenvalue weighted by atomic mass is 32.2. The number of amides is 1. The first-order valence-corrected chi connectivity index (χ1v) is 16.3. The molecule has 0 radical (unpaired) electrons. The predicted molar refractivity (Wildman–Crippen MR) is 154 cm³/mol. The molecule has 0 bridgehead atoms. The number of hydrogen-bond acceptors (Lipinski definition) is 7. The van der Waals surface area contributed by atoms with Gasteiger partial charge in [-0.2, -0.15) is 18.4 Å². The van der Waals surface area contributed by atoms with E-state index in [1.165, 1.54) is 12.1 Å². The molecule has 6 rings (SSSR count). The Morgan fingerprint density at radius 1 is 1.00 bits per heavy atom. The number of nitrogens with zero attached hydrogens (tertiary/aromatic N) is 3. The van der Waals surface area contributed by atoms with Crippen LogP contribution in [0.2, 0.25) is 0 Å². The summed E-state index contributed by atoms with van der Waals surface area (Å²) in [5.41, 5.74) is 0.885. The molecule has 1 N–H and O–H groups in total. The third-order valence-corrected chi connectivity index (χ3v) is 10.3. The first kappa shape index (κ1) is 29.2. The van der Waals surface area contributed by atoms with E-state index < -0.39 is 33.0 Å². The number of benzene rings is 2. The molecule has 2 aromatic carbocycles. The molecule has 1 saturated heterocycles. The lowest BCUT2D eigenvalue weighted by atomic mass is 9.76. The smallest absolute Gasteiger partial charge is 0.416 e. The van der Waals surface area contributed by atoms with Crippen LogP contribution in [-0.4, -0.2) is 49.4 Å². The van der Waals surface area contributed by atoms with Gasteiger partial charge in [0.15, 0.2) is 9.84 Å². The summed E-state index contributed by atoms with van der Waals surface area (Å²) in [6, 6.07) is 14.3. The van der Waals surface area contributed by atoms with Gasteiger partial charge in [-0.1, -0.05) is 25.0 Å². The molecule has 8 nitrogen and oxygen atoms in total. The fourth-order valence-corrected chi connectivity index (χ4v) is 7.19. The lowest BCUT2D eigenvalue weighted by Crippen LogP contribution is -2.42. The Balaban J connectivity index is 1.35. The zero-order valence-electron chi connectivity index (χ0n) is 23.4. The average Bonchev–Trinajstić information content (AvgIpc) is 3.63. The Bertz CT molecular complexity index is 1640. The number of hydrogen-bond donors (Lipinski definition) is 1. The number of aromatic nitrogens is 1. The molecule has 1 aliphatic heterocycles. The highest BCUT2D eigenvalue weighted by Crippen LogP contribution is 2.45. The molecular weight excluding hydrogens is 581 g/mol. The molecule has 2 aliphatic carbocycles. The van der Waals surface area contributed by atoms with E-state index in [1.54, 1.807) is 0 Å². The average molecular weight is 613 g/mol. The maximum atomic E-state index is 13.4. The molecule has 2 atom stereocenters. The van der Waals surface area contributed by atoms with Crippen LogP contribution in [0.5, 0.6) is 0 Å². The third-order valence-electron chi connectivity index (χ3n) is 8.73. The van der Waals surface area contributed by atoms with Gasteiger partial charge in [0.1, 0.15) is 17.0 Å². The Morgan fingerprint density at radius 3 is 2.23 bits per heavy atom. The number of halogens is 3. The van der Waals surface area contributed by atoms with Crippen molar-refractivity contribution >= 4 is 21.4 Å². The fourth-order valence-electron chi connectivity index (χ4n) is 5.99. The molecule has 43 heavy (non-hydrogen) atoms. The summed E-state index contributed by atoms with van der Waals surface area (Å²) in [5.74, 6) is -0.133. The van der Waals surface area contributed by atoms with Gasteiger partial charge >= 0.3 is 6.18 Å². The van der Waals surface area contributed by atoms with Gasteiger partial charge in [0.2, 0.25) is 11.8 Å². The van der Waals surface area contributed by atoms with Crippen LogP contribution in [0, 0.1) is 17.2 Å². The van der Waals surface area contributed by atoms with Crippen LogP contribution in [0.15, 0.2) is 52.9 Å². The fraction of sp³-hybridized carbons (Fsp3) is 0.452. The Kier molecular flexibility index (Phi) is 7.49. The second-order valence-corrected chi connectivity index (χ2v) is 14.0. The van der Waals surface area contributed by atoms with Crippen LogP contribution in [0.1, 0.15) is 55.8 Å². The molecule has 1 amide bonds. The molecule has 2 heterocycles. The number of oxazole rings is 1. The summed E-state index contributed by atoms with van der Waals surface area (Å²) >= 11 is 0. The molecule has 3 aliphatic rings. The molecule has 3 aromatic rings. The van der Waals surface area contributed by atoms with Crippen LogP contribution < -0.4 is 10.2 Å². The van der Waals surface area contributed by atoms with Crippen molar-refractivity contribution < 1.29 is 30.8 Å². The highest BCUT2D eigenvalue weighted by molar-refractivity contribution is 7.91. The SMILES string of the molecule is N#CC1(NC(=O)C2CCCCC2c2oc(-c3ccc(C(F)(F)F)cc3)nc2-c2ccc(N3CCS(=O)(=O)CC3)cc2)CC1. The number of carbonyl (C=O) groups excluding carboxylic acids is 1. The van der Waals surface area contributed by atoms with Gasteiger partial charge in [0.25, 0.3) is 0 Å². The van der Waals surface area contributed by atoms with Gasteiger partial charge < -0.3 is 14.6 Å². The summed E-state index contributed by atoms with van der Waals surface area (Å²) in [5, 5.41) is 12.5. The van der Waals surface area contributed by atoms with Crippen molar-refractivity contribution in [3.05, 3.63) is 59.9 Å². The molecular formula is C31H31F3N4O4S. The Hall–Kier alpha value is -3.85. The van der Waals surface area contributed by atoms with Crippen LogP contribution in [0.4, 0.5) is 18.9 Å². The van der Waals surface area contributed by atoms with E-state index in [4.69, 9.17) is 9.40 Å². The standard InChI is InChI=1S/C31H31F3N4O4S/c32-31(33,34)22-9-5-21(6-10-22)29-36-26(20-7-11-23(12-8-20)38-15-17-43(40,41)18-16-38)27(42-29)24-3-1-2-4-25(24)28(39)37-30(19-35)13-14-30/h5-12,24-25H,1-4,13-18H2,(H,37,39). The van der Waals surface area contributed by atoms with E-state index in [1.807, 2.05) is 29.2 Å². The third kappa shape index (κ3) is 6.13. The Morgan fingerprint density at radius 2 is 1.63 bits per heavy atom. The summed E-state index contributed by atoms with van der Waals surface area (Å²) in [7, 11) is -3.03. The number of carbonyl (C=O) groups is 1. The van der Waals surface area contributed by atoms with Crippen molar-refractivity contribution in [1.82, 2.24) is 10.3 Å². The molecule has 1 aromatic heterocycles. The number of rotatable bonds is 6. The largest absolute Gasteiger partial charge is 0.440 e. The number of anilines is 1. The maximum Gasteiger partial charge on any atom is 0.416 e. The molecule has 12 heteroatoms. The normalized spacial score (nSPS) is 22.9. The molecule has 2 unspecified atom stereocenters. The monoisotopic (exact) mass is 612 g/mol. The molecule has 226 valence electrons. The van der Waals surface area contributed by atoms with Gasteiger partial charge in [0, 0.05) is 41.7 Å². The summed E-state index contributed by atoms with van der Waals surface area (Å²) < 4.78 is 69.6. The van der Waals surface area contributed by atoms with Crippen molar-refractivity contribution in [1.29, 1.82) is 5.26 Å². The van der Waals surface area contributed by atoms with E-state index >= 15 is 0 Å². The van der Waals surface area contributed by atoms with E-state index in [-0.39, 0.29) is 29.2 Å². The molecule has 3 fully saturated rings. The van der Waals surface area contributed by atoms with Crippen molar-refractivity contribution in [2.45, 2.75) is 56.2 Å². The summed E-state index contributed by atoms with van der Waals surface area (Å²) in [4.78, 5) is 20.2. The van der Waals surface area contributed by atoms with Crippen LogP contribution >= 0.6 is 0 Å². The minimum atomic E-state index is -4.48. The summed E-state index contributed by atoms with van der Waals surface area (Å²) in [6.07, 6.45) is -0.247. The number of nitrogens with one attached hydrogen (secondary N) is 1. The van der Waals surface area contributed by atoms with Gasteiger partial charge in [-0.3, -0.25) is 4.79 Å². The van der Waals surface area contributed by atoms with E-state index in [0.29, 0.717) is 61.4 Å². The second kappa shape index (κ2) is 11.0. The Labute approximate surface area is 247 Å². The van der Waals surface area contributed by atoms with Crippen molar-refractivity contribution in [3.8, 4) is 28.8 Å². The van der Waals surface area contributed by atoms with Crippen molar-refractivity contribution in [3.63, 3.8) is 0 Å². The van der Waals surface area contributed by atoms with E-state index in [9.17, 15) is 31.6 Å². The van der Waals surface area contributed by atoms with E-state index in [2.05, 4.69) is 11.4 Å². The zero-order valence-corrected chi connectivity index (χ0v) is 24.2. The van der Waals surface area contributed by atoms with E-state index in [0.717, 1.165) is 30.7 Å². The first-order valence-electron chi connectivity index (χ1n) is 14.4. The highest BCUT2D eigenvalue weighted by Gasteiger charge is 2.47. The number of alkyl halides is 3. The summed E-state index contributed by atoms with van der Waals surface area (Å²) in [6.45, 7) is 0.802. The van der Waals surface area contributed by atoms with Gasteiger partial charge in [0.05, 0.1) is 23.1 Å². The van der Waals surface area contributed by atoms with Gasteiger partial charge in [-0.05, 0) is 62.1 Å². The second-order valence-electron chi connectivity index (χ2n) is 11.7. The molecule has 0 spiro atoms.